The number of rotatable bonds is 5. The zero-order valence-electron chi connectivity index (χ0n) is 20.4. The van der Waals surface area contributed by atoms with Crippen molar-refractivity contribution in [1.29, 1.82) is 0 Å². The molecule has 8 heteroatoms. The molecule has 1 fully saturated rings. The third kappa shape index (κ3) is 5.59. The van der Waals surface area contributed by atoms with Crippen LogP contribution in [0.5, 0.6) is 11.5 Å². The molecular weight excluding hydrogens is 444 g/mol. The van der Waals surface area contributed by atoms with Gasteiger partial charge in [-0.25, -0.2) is 4.79 Å². The molecule has 3 aromatic rings. The maximum atomic E-state index is 12.6. The highest BCUT2D eigenvalue weighted by Crippen LogP contribution is 2.36. The lowest BCUT2D eigenvalue weighted by Gasteiger charge is -2.35. The molecule has 8 nitrogen and oxygen atoms in total. The van der Waals surface area contributed by atoms with Gasteiger partial charge in [0.25, 0.3) is 5.91 Å². The van der Waals surface area contributed by atoms with E-state index in [1.807, 2.05) is 86.1 Å². The minimum atomic E-state index is -0.597. The third-order valence-corrected chi connectivity index (χ3v) is 5.90. The number of hydrogen-bond donors (Lipinski definition) is 2. The first kappa shape index (κ1) is 24.2. The van der Waals surface area contributed by atoms with Crippen molar-refractivity contribution in [3.63, 3.8) is 0 Å². The number of primary amides is 1. The van der Waals surface area contributed by atoms with Crippen LogP contribution in [0.25, 0.3) is 11.1 Å². The first-order chi connectivity index (χ1) is 16.6. The van der Waals surface area contributed by atoms with Crippen molar-refractivity contribution < 1.29 is 19.1 Å². The molecule has 0 radical (unpaired) electrons. The van der Waals surface area contributed by atoms with Gasteiger partial charge in [-0.15, -0.1) is 0 Å². The molecule has 1 aliphatic heterocycles. The number of para-hydroxylation sites is 1. The van der Waals surface area contributed by atoms with Crippen LogP contribution in [0.2, 0.25) is 0 Å². The quantitative estimate of drug-likeness (QED) is 0.525. The van der Waals surface area contributed by atoms with E-state index in [1.165, 1.54) is 0 Å². The SMILES string of the molecule is CC(C)(C)OC(=O)N1CCCC(n2cc(-c3ccc(Oc4ccccc4)cc3)c(C(N)=O)c2N)C1. The van der Waals surface area contributed by atoms with E-state index in [1.54, 1.807) is 4.90 Å². The maximum absolute atomic E-state index is 12.6. The molecule has 1 unspecified atom stereocenters. The van der Waals surface area contributed by atoms with Crippen molar-refractivity contribution >= 4 is 17.8 Å². The van der Waals surface area contributed by atoms with Crippen LogP contribution in [-0.4, -0.2) is 40.2 Å². The fourth-order valence-corrected chi connectivity index (χ4v) is 4.32. The minimum absolute atomic E-state index is 0.0937. The molecule has 184 valence electrons. The van der Waals surface area contributed by atoms with Crippen LogP contribution < -0.4 is 16.2 Å². The second kappa shape index (κ2) is 9.74. The number of piperidine rings is 1. The number of carbonyl (C=O) groups excluding carboxylic acids is 2. The topological polar surface area (TPSA) is 113 Å². The molecule has 2 amide bonds. The van der Waals surface area contributed by atoms with Crippen molar-refractivity contribution in [2.45, 2.75) is 45.3 Å². The summed E-state index contributed by atoms with van der Waals surface area (Å²) in [5, 5.41) is 0. The summed E-state index contributed by atoms with van der Waals surface area (Å²) >= 11 is 0. The molecule has 2 aromatic carbocycles. The van der Waals surface area contributed by atoms with Gasteiger partial charge in [-0.1, -0.05) is 30.3 Å². The summed E-state index contributed by atoms with van der Waals surface area (Å²) in [6.45, 7) is 6.59. The van der Waals surface area contributed by atoms with E-state index in [0.29, 0.717) is 30.2 Å². The van der Waals surface area contributed by atoms with Crippen LogP contribution >= 0.6 is 0 Å². The molecule has 4 N–H and O–H groups in total. The van der Waals surface area contributed by atoms with Gasteiger partial charge < -0.3 is 30.4 Å². The number of aromatic nitrogens is 1. The van der Waals surface area contributed by atoms with Gasteiger partial charge in [-0.05, 0) is 63.4 Å². The summed E-state index contributed by atoms with van der Waals surface area (Å²) in [6.07, 6.45) is 3.12. The summed E-state index contributed by atoms with van der Waals surface area (Å²) in [5.41, 5.74) is 13.3. The summed E-state index contributed by atoms with van der Waals surface area (Å²) in [7, 11) is 0. The largest absolute Gasteiger partial charge is 0.457 e. The van der Waals surface area contributed by atoms with Crippen LogP contribution in [0, 0.1) is 0 Å². The molecule has 1 aromatic heterocycles. The Kier molecular flexibility index (Phi) is 6.73. The zero-order valence-corrected chi connectivity index (χ0v) is 20.4. The van der Waals surface area contributed by atoms with Gasteiger partial charge in [-0.3, -0.25) is 4.79 Å². The first-order valence-electron chi connectivity index (χ1n) is 11.7. The monoisotopic (exact) mass is 476 g/mol. The molecule has 35 heavy (non-hydrogen) atoms. The van der Waals surface area contributed by atoms with E-state index in [4.69, 9.17) is 20.9 Å². The summed E-state index contributed by atoms with van der Waals surface area (Å²) in [4.78, 5) is 26.7. The number of hydrogen-bond acceptors (Lipinski definition) is 5. The van der Waals surface area contributed by atoms with Crippen molar-refractivity contribution in [1.82, 2.24) is 9.47 Å². The minimum Gasteiger partial charge on any atom is -0.457 e. The normalized spacial score (nSPS) is 16.1. The highest BCUT2D eigenvalue weighted by Gasteiger charge is 2.31. The molecule has 0 aliphatic carbocycles. The van der Waals surface area contributed by atoms with Gasteiger partial charge in [0.2, 0.25) is 0 Å². The van der Waals surface area contributed by atoms with E-state index >= 15 is 0 Å². The van der Waals surface area contributed by atoms with Crippen molar-refractivity contribution in [3.8, 4) is 22.6 Å². The van der Waals surface area contributed by atoms with Gasteiger partial charge in [0.05, 0.1) is 11.6 Å². The number of nitrogens with zero attached hydrogens (tertiary/aromatic N) is 2. The van der Waals surface area contributed by atoms with Crippen molar-refractivity contribution in [3.05, 3.63) is 66.4 Å². The van der Waals surface area contributed by atoms with E-state index in [-0.39, 0.29) is 17.7 Å². The number of likely N-dealkylation sites (tertiary alicyclic amines) is 1. The number of carbonyl (C=O) groups is 2. The molecule has 0 spiro atoms. The molecule has 0 bridgehead atoms. The van der Waals surface area contributed by atoms with Crippen molar-refractivity contribution in [2.75, 3.05) is 18.8 Å². The lowest BCUT2D eigenvalue weighted by atomic mass is 10.0. The van der Waals surface area contributed by atoms with Gasteiger partial charge in [0, 0.05) is 24.8 Å². The lowest BCUT2D eigenvalue weighted by molar-refractivity contribution is 0.0173. The Morgan fingerprint density at radius 2 is 1.66 bits per heavy atom. The Hall–Kier alpha value is -3.94. The van der Waals surface area contributed by atoms with E-state index in [2.05, 4.69) is 0 Å². The number of benzene rings is 2. The molecule has 4 rings (SSSR count). The summed E-state index contributed by atoms with van der Waals surface area (Å²) < 4.78 is 13.3. The standard InChI is InChI=1S/C27H32N4O4/c1-27(2,3)35-26(33)30-15-7-8-19(16-30)31-17-22(23(24(31)28)25(29)32)18-11-13-21(14-12-18)34-20-9-5-4-6-10-20/h4-6,9-14,17,19H,7-8,15-16,28H2,1-3H3,(H2,29,32). The van der Waals surface area contributed by atoms with Crippen LogP contribution in [-0.2, 0) is 4.74 Å². The molecular formula is C27H32N4O4. The number of nitrogens with two attached hydrogens (primary N) is 2. The molecule has 1 saturated heterocycles. The van der Waals surface area contributed by atoms with Gasteiger partial charge in [0.1, 0.15) is 22.9 Å². The highest BCUT2D eigenvalue weighted by molar-refractivity contribution is 6.04. The predicted molar refractivity (Wildman–Crippen MR) is 135 cm³/mol. The average Bonchev–Trinajstić information content (AvgIpc) is 3.16. The Bertz CT molecular complexity index is 1200. The Balaban J connectivity index is 1.59. The highest BCUT2D eigenvalue weighted by atomic mass is 16.6. The van der Waals surface area contributed by atoms with E-state index in [0.717, 1.165) is 24.2 Å². The van der Waals surface area contributed by atoms with Crippen LogP contribution in [0.1, 0.15) is 50.0 Å². The average molecular weight is 477 g/mol. The lowest BCUT2D eigenvalue weighted by Crippen LogP contribution is -2.43. The van der Waals surface area contributed by atoms with Crippen molar-refractivity contribution in [2.24, 2.45) is 5.73 Å². The van der Waals surface area contributed by atoms with E-state index < -0.39 is 11.5 Å². The fourth-order valence-electron chi connectivity index (χ4n) is 4.32. The van der Waals surface area contributed by atoms with Crippen LogP contribution in [0.15, 0.2) is 60.8 Å². The second-order valence-corrected chi connectivity index (χ2v) is 9.74. The summed E-state index contributed by atoms with van der Waals surface area (Å²) in [6, 6.07) is 16.8. The van der Waals surface area contributed by atoms with Crippen LogP contribution in [0.4, 0.5) is 10.6 Å². The number of anilines is 1. The Morgan fingerprint density at radius 3 is 2.29 bits per heavy atom. The third-order valence-electron chi connectivity index (χ3n) is 5.90. The Labute approximate surface area is 205 Å². The molecule has 0 saturated carbocycles. The Morgan fingerprint density at radius 1 is 1.00 bits per heavy atom. The van der Waals surface area contributed by atoms with Crippen LogP contribution in [0.3, 0.4) is 0 Å². The number of ether oxygens (including phenoxy) is 2. The predicted octanol–water partition coefficient (Wildman–Crippen LogP) is 5.20. The van der Waals surface area contributed by atoms with Gasteiger partial charge in [0.15, 0.2) is 0 Å². The number of nitrogen functional groups attached to an aromatic ring is 1. The summed E-state index contributed by atoms with van der Waals surface area (Å²) in [5.74, 6) is 1.11. The molecule has 1 atom stereocenters. The fraction of sp³-hybridized carbons (Fsp3) is 0.333. The van der Waals surface area contributed by atoms with Gasteiger partial charge >= 0.3 is 6.09 Å². The van der Waals surface area contributed by atoms with Gasteiger partial charge in [-0.2, -0.15) is 0 Å². The van der Waals surface area contributed by atoms with E-state index in [9.17, 15) is 9.59 Å². The zero-order chi connectivity index (χ0) is 25.2. The smallest absolute Gasteiger partial charge is 0.410 e. The molecule has 2 heterocycles. The maximum Gasteiger partial charge on any atom is 0.410 e. The molecule has 1 aliphatic rings. The number of amides is 2. The first-order valence-corrected chi connectivity index (χ1v) is 11.7. The second-order valence-electron chi connectivity index (χ2n) is 9.74.